The van der Waals surface area contributed by atoms with Gasteiger partial charge in [-0.15, -0.1) is 5.10 Å². The Morgan fingerprint density at radius 2 is 2.07 bits per heavy atom. The summed E-state index contributed by atoms with van der Waals surface area (Å²) < 4.78 is 7.46. The molecule has 0 spiro atoms. The van der Waals surface area contributed by atoms with Crippen molar-refractivity contribution in [3.05, 3.63) is 30.0 Å². The van der Waals surface area contributed by atoms with Crippen molar-refractivity contribution in [2.24, 2.45) is 0 Å². The van der Waals surface area contributed by atoms with Crippen molar-refractivity contribution in [2.45, 2.75) is 45.6 Å². The highest BCUT2D eigenvalue weighted by Crippen LogP contribution is 2.32. The summed E-state index contributed by atoms with van der Waals surface area (Å²) in [7, 11) is 1.68. The van der Waals surface area contributed by atoms with Crippen molar-refractivity contribution in [3.63, 3.8) is 0 Å². The summed E-state index contributed by atoms with van der Waals surface area (Å²) in [4.78, 5) is 13.8. The molecule has 3 rings (SSSR count). The van der Waals surface area contributed by atoms with Gasteiger partial charge >= 0.3 is 6.03 Å². The van der Waals surface area contributed by atoms with E-state index in [2.05, 4.69) is 41.6 Å². The predicted octanol–water partition coefficient (Wildman–Crippen LogP) is 3.44. The van der Waals surface area contributed by atoms with Gasteiger partial charge in [-0.1, -0.05) is 25.1 Å². The first-order valence-corrected chi connectivity index (χ1v) is 9.66. The highest BCUT2D eigenvalue weighted by molar-refractivity contribution is 5.74. The Labute approximate surface area is 160 Å². The van der Waals surface area contributed by atoms with Gasteiger partial charge in [0.2, 0.25) is 0 Å². The normalized spacial score (nSPS) is 15.2. The molecular weight excluding hydrogens is 342 g/mol. The van der Waals surface area contributed by atoms with Crippen LogP contribution in [0.25, 0.3) is 11.3 Å². The fourth-order valence-electron chi connectivity index (χ4n) is 3.46. The van der Waals surface area contributed by atoms with Gasteiger partial charge in [0.05, 0.1) is 19.3 Å². The number of urea groups is 1. The molecule has 1 aromatic carbocycles. The van der Waals surface area contributed by atoms with Gasteiger partial charge in [0.1, 0.15) is 11.4 Å². The summed E-state index contributed by atoms with van der Waals surface area (Å²) in [6.45, 7) is 8.40. The zero-order chi connectivity index (χ0) is 19.4. The van der Waals surface area contributed by atoms with Crippen LogP contribution in [0.2, 0.25) is 0 Å². The van der Waals surface area contributed by atoms with Crippen LogP contribution in [0.4, 0.5) is 4.79 Å². The number of aromatic nitrogens is 3. The number of hydrogen-bond acceptors (Lipinski definition) is 4. The van der Waals surface area contributed by atoms with Gasteiger partial charge < -0.3 is 15.0 Å². The standard InChI is InChI=1S/C20H29N5O2/c1-5-21-20(26)24-10-8-16(9-11-24)25-13-18(22-23-25)17-12-15(14(2)3)6-7-19(17)27-4/h6-7,12-14,16H,5,8-11H2,1-4H3,(H,21,26). The zero-order valence-electron chi connectivity index (χ0n) is 16.6. The van der Waals surface area contributed by atoms with E-state index in [-0.39, 0.29) is 12.1 Å². The molecule has 2 amide bonds. The number of benzene rings is 1. The number of carbonyl (C=O) groups is 1. The number of piperidine rings is 1. The molecule has 7 heteroatoms. The Morgan fingerprint density at radius 3 is 2.70 bits per heavy atom. The number of rotatable bonds is 5. The van der Waals surface area contributed by atoms with E-state index >= 15 is 0 Å². The van der Waals surface area contributed by atoms with E-state index < -0.39 is 0 Å². The number of amides is 2. The summed E-state index contributed by atoms with van der Waals surface area (Å²) in [6, 6.07) is 6.50. The molecule has 0 radical (unpaired) electrons. The van der Waals surface area contributed by atoms with Crippen LogP contribution in [0.3, 0.4) is 0 Å². The van der Waals surface area contributed by atoms with Crippen LogP contribution in [0.5, 0.6) is 5.75 Å². The molecule has 1 N–H and O–H groups in total. The van der Waals surface area contributed by atoms with Crippen molar-refractivity contribution in [3.8, 4) is 17.0 Å². The minimum atomic E-state index is 0.0190. The van der Waals surface area contributed by atoms with Crippen molar-refractivity contribution in [1.82, 2.24) is 25.2 Å². The van der Waals surface area contributed by atoms with Gasteiger partial charge in [0.25, 0.3) is 0 Å². The fraction of sp³-hybridized carbons (Fsp3) is 0.550. The second kappa shape index (κ2) is 8.41. The molecule has 1 aliphatic rings. The summed E-state index contributed by atoms with van der Waals surface area (Å²) in [5.74, 6) is 1.24. The van der Waals surface area contributed by atoms with Crippen molar-refractivity contribution < 1.29 is 9.53 Å². The SMILES string of the molecule is CCNC(=O)N1CCC(n2cc(-c3cc(C(C)C)ccc3OC)nn2)CC1. The molecule has 0 bridgehead atoms. The fourth-order valence-corrected chi connectivity index (χ4v) is 3.46. The number of carbonyl (C=O) groups excluding carboxylic acids is 1. The predicted molar refractivity (Wildman–Crippen MR) is 105 cm³/mol. The monoisotopic (exact) mass is 371 g/mol. The van der Waals surface area contributed by atoms with E-state index in [4.69, 9.17) is 4.74 Å². The number of methoxy groups -OCH3 is 1. The molecule has 2 aromatic rings. The third kappa shape index (κ3) is 4.23. The van der Waals surface area contributed by atoms with E-state index in [9.17, 15) is 4.79 Å². The first-order valence-electron chi connectivity index (χ1n) is 9.66. The second-order valence-electron chi connectivity index (χ2n) is 7.25. The van der Waals surface area contributed by atoms with Gasteiger partial charge in [0.15, 0.2) is 0 Å². The maximum Gasteiger partial charge on any atom is 0.317 e. The summed E-state index contributed by atoms with van der Waals surface area (Å²) in [6.07, 6.45) is 3.75. The summed E-state index contributed by atoms with van der Waals surface area (Å²) >= 11 is 0. The number of hydrogen-bond donors (Lipinski definition) is 1. The molecule has 0 aliphatic carbocycles. The largest absolute Gasteiger partial charge is 0.496 e. The van der Waals surface area contributed by atoms with Gasteiger partial charge in [-0.25, -0.2) is 9.48 Å². The number of likely N-dealkylation sites (tertiary alicyclic amines) is 1. The Kier molecular flexibility index (Phi) is 5.98. The van der Waals surface area contributed by atoms with Gasteiger partial charge in [-0.05, 0) is 43.4 Å². The van der Waals surface area contributed by atoms with Crippen molar-refractivity contribution in [1.29, 1.82) is 0 Å². The second-order valence-corrected chi connectivity index (χ2v) is 7.25. The van der Waals surface area contributed by atoms with Crippen LogP contribution in [-0.4, -0.2) is 52.7 Å². The number of nitrogens with zero attached hydrogens (tertiary/aromatic N) is 4. The molecule has 1 aromatic heterocycles. The van der Waals surface area contributed by atoms with Gasteiger partial charge in [0, 0.05) is 25.2 Å². The molecular formula is C20H29N5O2. The molecule has 146 valence electrons. The maximum absolute atomic E-state index is 12.0. The third-order valence-electron chi connectivity index (χ3n) is 5.13. The quantitative estimate of drug-likeness (QED) is 0.874. The van der Waals surface area contributed by atoms with E-state index in [1.54, 1.807) is 7.11 Å². The molecule has 1 aliphatic heterocycles. The van der Waals surface area contributed by atoms with E-state index in [0.717, 1.165) is 42.9 Å². The van der Waals surface area contributed by atoms with E-state index in [1.165, 1.54) is 5.56 Å². The average Bonchev–Trinajstić information content (AvgIpc) is 3.17. The molecule has 27 heavy (non-hydrogen) atoms. The topological polar surface area (TPSA) is 72.3 Å². The van der Waals surface area contributed by atoms with Crippen LogP contribution in [0.1, 0.15) is 51.1 Å². The lowest BCUT2D eigenvalue weighted by Crippen LogP contribution is -2.44. The number of ether oxygens (including phenoxy) is 1. The van der Waals surface area contributed by atoms with Crippen LogP contribution < -0.4 is 10.1 Å². The molecule has 2 heterocycles. The van der Waals surface area contributed by atoms with Crippen LogP contribution in [0, 0.1) is 0 Å². The lowest BCUT2D eigenvalue weighted by Gasteiger charge is -2.31. The Balaban J connectivity index is 1.74. The number of nitrogens with one attached hydrogen (secondary N) is 1. The average molecular weight is 371 g/mol. The molecule has 1 fully saturated rings. The van der Waals surface area contributed by atoms with E-state index in [1.807, 2.05) is 28.8 Å². The minimum absolute atomic E-state index is 0.0190. The van der Waals surface area contributed by atoms with Crippen LogP contribution in [-0.2, 0) is 0 Å². The molecule has 0 unspecified atom stereocenters. The Morgan fingerprint density at radius 1 is 1.33 bits per heavy atom. The van der Waals surface area contributed by atoms with Crippen LogP contribution >= 0.6 is 0 Å². The minimum Gasteiger partial charge on any atom is -0.496 e. The van der Waals surface area contributed by atoms with Gasteiger partial charge in [-0.3, -0.25) is 0 Å². The lowest BCUT2D eigenvalue weighted by atomic mass is 9.99. The highest BCUT2D eigenvalue weighted by atomic mass is 16.5. The maximum atomic E-state index is 12.0. The first-order chi connectivity index (χ1) is 13.0. The summed E-state index contributed by atoms with van der Waals surface area (Å²) in [5.41, 5.74) is 3.03. The lowest BCUT2D eigenvalue weighted by molar-refractivity contribution is 0.168. The molecule has 1 saturated heterocycles. The van der Waals surface area contributed by atoms with Crippen molar-refractivity contribution >= 4 is 6.03 Å². The molecule has 0 saturated carbocycles. The van der Waals surface area contributed by atoms with E-state index in [0.29, 0.717) is 12.5 Å². The smallest absolute Gasteiger partial charge is 0.317 e. The highest BCUT2D eigenvalue weighted by Gasteiger charge is 2.25. The Hall–Kier alpha value is -2.57. The molecule has 0 atom stereocenters. The first kappa shape index (κ1) is 19.2. The summed E-state index contributed by atoms with van der Waals surface area (Å²) in [5, 5.41) is 11.6. The van der Waals surface area contributed by atoms with Gasteiger partial charge in [-0.2, -0.15) is 0 Å². The Bertz CT molecular complexity index is 778. The molecule has 7 nitrogen and oxygen atoms in total. The van der Waals surface area contributed by atoms with Crippen molar-refractivity contribution in [2.75, 3.05) is 26.7 Å². The third-order valence-corrected chi connectivity index (χ3v) is 5.13. The zero-order valence-corrected chi connectivity index (χ0v) is 16.6. The van der Waals surface area contributed by atoms with Crippen LogP contribution in [0.15, 0.2) is 24.4 Å².